The molecule has 0 unspecified atom stereocenters. The normalized spacial score (nSPS) is 15.2. The molecule has 0 bridgehead atoms. The standard InChI is InChI=1S/C20H25ClN4OS2/c21-17-4-1-5-18(14-17)25-10-8-24(9-11-25)7-3-12-27-16-20(26)23-22-15-19-6-2-13-28-19/h1-2,4-6,13-15H,3,7-12,16H2,(H,23,26)/b22-15-. The molecule has 0 aliphatic carbocycles. The number of halogens is 1. The quantitative estimate of drug-likeness (QED) is 0.369. The summed E-state index contributed by atoms with van der Waals surface area (Å²) in [6.07, 6.45) is 2.77. The molecule has 0 radical (unpaired) electrons. The van der Waals surface area contributed by atoms with Gasteiger partial charge in [-0.3, -0.25) is 9.69 Å². The third-order valence-corrected chi connectivity index (χ3v) is 6.55. The summed E-state index contributed by atoms with van der Waals surface area (Å²) >= 11 is 9.34. The predicted molar refractivity (Wildman–Crippen MR) is 122 cm³/mol. The molecule has 2 heterocycles. The molecule has 3 rings (SSSR count). The minimum absolute atomic E-state index is 0.0482. The van der Waals surface area contributed by atoms with Crippen LogP contribution >= 0.6 is 34.7 Å². The molecule has 1 aromatic heterocycles. The second kappa shape index (κ2) is 11.5. The van der Waals surface area contributed by atoms with Crippen molar-refractivity contribution in [2.75, 3.05) is 49.1 Å². The molecule has 150 valence electrons. The maximum atomic E-state index is 11.8. The monoisotopic (exact) mass is 436 g/mol. The Labute approximate surface area is 179 Å². The molecular formula is C20H25ClN4OS2. The van der Waals surface area contributed by atoms with Crippen LogP contribution in [0, 0.1) is 0 Å². The Morgan fingerprint density at radius 1 is 1.25 bits per heavy atom. The number of thioether (sulfide) groups is 1. The molecule has 1 saturated heterocycles. The van der Waals surface area contributed by atoms with Gasteiger partial charge in [-0.1, -0.05) is 23.7 Å². The highest BCUT2D eigenvalue weighted by atomic mass is 35.5. The first kappa shape index (κ1) is 21.2. The van der Waals surface area contributed by atoms with Crippen LogP contribution < -0.4 is 10.3 Å². The molecule has 1 N–H and O–H groups in total. The average molecular weight is 437 g/mol. The highest BCUT2D eigenvalue weighted by Crippen LogP contribution is 2.20. The van der Waals surface area contributed by atoms with Gasteiger partial charge >= 0.3 is 0 Å². The summed E-state index contributed by atoms with van der Waals surface area (Å²) in [6, 6.07) is 12.0. The van der Waals surface area contributed by atoms with Crippen molar-refractivity contribution < 1.29 is 4.79 Å². The number of anilines is 1. The lowest BCUT2D eigenvalue weighted by Gasteiger charge is -2.36. The summed E-state index contributed by atoms with van der Waals surface area (Å²) < 4.78 is 0. The number of amides is 1. The lowest BCUT2D eigenvalue weighted by atomic mass is 10.2. The van der Waals surface area contributed by atoms with Gasteiger partial charge in [-0.2, -0.15) is 16.9 Å². The summed E-state index contributed by atoms with van der Waals surface area (Å²) in [5, 5.41) is 6.75. The zero-order chi connectivity index (χ0) is 19.6. The molecule has 1 fully saturated rings. The van der Waals surface area contributed by atoms with E-state index >= 15 is 0 Å². The topological polar surface area (TPSA) is 47.9 Å². The van der Waals surface area contributed by atoms with Gasteiger partial charge in [0.1, 0.15) is 0 Å². The molecule has 0 atom stereocenters. The van der Waals surface area contributed by atoms with Crippen molar-refractivity contribution >= 4 is 52.5 Å². The van der Waals surface area contributed by atoms with Crippen LogP contribution in [0.5, 0.6) is 0 Å². The van der Waals surface area contributed by atoms with Gasteiger partial charge < -0.3 is 4.90 Å². The van der Waals surface area contributed by atoms with Crippen molar-refractivity contribution in [1.29, 1.82) is 0 Å². The fourth-order valence-electron chi connectivity index (χ4n) is 3.02. The number of piperazine rings is 1. The van der Waals surface area contributed by atoms with E-state index in [1.54, 1.807) is 29.3 Å². The average Bonchev–Trinajstić information content (AvgIpc) is 3.22. The first-order valence-electron chi connectivity index (χ1n) is 9.37. The fraction of sp³-hybridized carbons (Fsp3) is 0.400. The van der Waals surface area contributed by atoms with E-state index in [4.69, 9.17) is 11.6 Å². The first-order chi connectivity index (χ1) is 13.7. The third-order valence-electron chi connectivity index (χ3n) is 4.47. The van der Waals surface area contributed by atoms with Gasteiger partial charge in [0.25, 0.3) is 0 Å². The van der Waals surface area contributed by atoms with Crippen molar-refractivity contribution in [3.63, 3.8) is 0 Å². The number of rotatable bonds is 9. The van der Waals surface area contributed by atoms with E-state index in [1.807, 2.05) is 35.7 Å². The molecule has 0 spiro atoms. The Kier molecular flexibility index (Phi) is 8.67. The van der Waals surface area contributed by atoms with Crippen molar-refractivity contribution in [3.8, 4) is 0 Å². The number of carbonyl (C=O) groups excluding carboxylic acids is 1. The molecule has 1 amide bonds. The van der Waals surface area contributed by atoms with Crippen LogP contribution in [-0.2, 0) is 4.79 Å². The van der Waals surface area contributed by atoms with Crippen LogP contribution in [-0.4, -0.2) is 61.3 Å². The van der Waals surface area contributed by atoms with Crippen LogP contribution in [0.2, 0.25) is 5.02 Å². The Morgan fingerprint density at radius 3 is 2.86 bits per heavy atom. The second-order valence-electron chi connectivity index (χ2n) is 6.52. The van der Waals surface area contributed by atoms with E-state index in [1.165, 1.54) is 5.69 Å². The number of hydrogen-bond acceptors (Lipinski definition) is 6. The maximum Gasteiger partial charge on any atom is 0.250 e. The van der Waals surface area contributed by atoms with E-state index < -0.39 is 0 Å². The molecular weight excluding hydrogens is 412 g/mol. The smallest absolute Gasteiger partial charge is 0.250 e. The van der Waals surface area contributed by atoms with Gasteiger partial charge in [-0.25, -0.2) is 5.43 Å². The largest absolute Gasteiger partial charge is 0.369 e. The second-order valence-corrected chi connectivity index (χ2v) is 9.04. The Bertz CT molecular complexity index is 761. The van der Waals surface area contributed by atoms with E-state index in [2.05, 4.69) is 26.4 Å². The van der Waals surface area contributed by atoms with Crippen molar-refractivity contribution in [2.45, 2.75) is 6.42 Å². The number of thiophene rings is 1. The number of benzene rings is 1. The van der Waals surface area contributed by atoms with Crippen molar-refractivity contribution in [3.05, 3.63) is 51.7 Å². The van der Waals surface area contributed by atoms with E-state index in [9.17, 15) is 4.79 Å². The molecule has 8 heteroatoms. The number of hydrogen-bond donors (Lipinski definition) is 1. The van der Waals surface area contributed by atoms with Gasteiger partial charge in [0.2, 0.25) is 5.91 Å². The fourth-order valence-corrected chi connectivity index (χ4v) is 4.52. The summed E-state index contributed by atoms with van der Waals surface area (Å²) in [5.74, 6) is 1.38. The lowest BCUT2D eigenvalue weighted by molar-refractivity contribution is -0.118. The molecule has 28 heavy (non-hydrogen) atoms. The number of hydrazone groups is 1. The molecule has 5 nitrogen and oxygen atoms in total. The third kappa shape index (κ3) is 7.13. The Hall–Kier alpha value is -1.54. The van der Waals surface area contributed by atoms with Crippen LogP contribution in [0.4, 0.5) is 5.69 Å². The lowest BCUT2D eigenvalue weighted by Crippen LogP contribution is -2.46. The van der Waals surface area contributed by atoms with Crippen LogP contribution in [0.15, 0.2) is 46.9 Å². The summed E-state index contributed by atoms with van der Waals surface area (Å²) in [7, 11) is 0. The summed E-state index contributed by atoms with van der Waals surface area (Å²) in [5.41, 5.74) is 3.78. The molecule has 1 aliphatic rings. The first-order valence-corrected chi connectivity index (χ1v) is 11.8. The number of nitrogens with one attached hydrogen (secondary N) is 1. The van der Waals surface area contributed by atoms with Gasteiger partial charge in [0.05, 0.1) is 12.0 Å². The van der Waals surface area contributed by atoms with E-state index in [-0.39, 0.29) is 5.91 Å². The zero-order valence-corrected chi connectivity index (χ0v) is 18.1. The van der Waals surface area contributed by atoms with Gasteiger partial charge in [0, 0.05) is 41.8 Å². The van der Waals surface area contributed by atoms with Gasteiger partial charge in [0.15, 0.2) is 0 Å². The minimum atomic E-state index is -0.0482. The summed E-state index contributed by atoms with van der Waals surface area (Å²) in [4.78, 5) is 17.7. The Balaban J connectivity index is 1.24. The van der Waals surface area contributed by atoms with Crippen molar-refractivity contribution in [2.24, 2.45) is 5.10 Å². The Morgan fingerprint density at radius 2 is 2.11 bits per heavy atom. The maximum absolute atomic E-state index is 11.8. The molecule has 1 aromatic carbocycles. The van der Waals surface area contributed by atoms with Gasteiger partial charge in [-0.05, 0) is 48.4 Å². The van der Waals surface area contributed by atoms with Crippen LogP contribution in [0.1, 0.15) is 11.3 Å². The van der Waals surface area contributed by atoms with E-state index in [0.717, 1.165) is 54.8 Å². The van der Waals surface area contributed by atoms with Crippen LogP contribution in [0.25, 0.3) is 0 Å². The summed E-state index contributed by atoms with van der Waals surface area (Å²) in [6.45, 7) is 5.26. The highest BCUT2D eigenvalue weighted by molar-refractivity contribution is 7.99. The minimum Gasteiger partial charge on any atom is -0.369 e. The predicted octanol–water partition coefficient (Wildman–Crippen LogP) is 3.80. The SMILES string of the molecule is O=C(CSCCCN1CCN(c2cccc(Cl)c2)CC1)N/N=C\c1cccs1. The molecule has 1 aliphatic heterocycles. The van der Waals surface area contributed by atoms with E-state index in [0.29, 0.717) is 5.75 Å². The zero-order valence-electron chi connectivity index (χ0n) is 15.7. The molecule has 2 aromatic rings. The molecule has 0 saturated carbocycles. The van der Waals surface area contributed by atoms with Gasteiger partial charge in [-0.15, -0.1) is 11.3 Å². The number of nitrogens with zero attached hydrogens (tertiary/aromatic N) is 3. The number of carbonyl (C=O) groups is 1. The van der Waals surface area contributed by atoms with Crippen molar-refractivity contribution in [1.82, 2.24) is 10.3 Å². The van der Waals surface area contributed by atoms with Crippen LogP contribution in [0.3, 0.4) is 0 Å². The highest BCUT2D eigenvalue weighted by Gasteiger charge is 2.16.